The summed E-state index contributed by atoms with van der Waals surface area (Å²) < 4.78 is 0. The van der Waals surface area contributed by atoms with Crippen molar-refractivity contribution < 1.29 is 9.63 Å². The average molecular weight is 200 g/mol. The highest BCUT2D eigenvalue weighted by atomic mass is 16.7. The van der Waals surface area contributed by atoms with Gasteiger partial charge in [0.15, 0.2) is 0 Å². The lowest BCUT2D eigenvalue weighted by Crippen LogP contribution is -2.62. The second-order valence-electron chi connectivity index (χ2n) is 4.37. The molecule has 0 amide bonds. The van der Waals surface area contributed by atoms with Crippen LogP contribution in [0.3, 0.4) is 0 Å². The van der Waals surface area contributed by atoms with Gasteiger partial charge >= 0.3 is 5.97 Å². The minimum absolute atomic E-state index is 0.0933. The van der Waals surface area contributed by atoms with Crippen LogP contribution >= 0.6 is 0 Å². The molecular formula is C10H20N2O2. The number of hydrogen-bond donors (Lipinski definition) is 1. The predicted octanol–water partition coefficient (Wildman–Crippen LogP) is 0.784. The van der Waals surface area contributed by atoms with Gasteiger partial charge < -0.3 is 10.2 Å². The first-order valence-corrected chi connectivity index (χ1v) is 5.13. The van der Waals surface area contributed by atoms with E-state index in [2.05, 4.69) is 26.1 Å². The number of hydroxylamine groups is 2. The second-order valence-corrected chi connectivity index (χ2v) is 4.37. The molecule has 4 nitrogen and oxygen atoms in total. The van der Waals surface area contributed by atoms with Crippen LogP contribution in [0.1, 0.15) is 27.7 Å². The maximum atomic E-state index is 10.9. The summed E-state index contributed by atoms with van der Waals surface area (Å²) in [4.78, 5) is 16.2. The highest BCUT2D eigenvalue weighted by Crippen LogP contribution is 2.26. The van der Waals surface area contributed by atoms with Gasteiger partial charge in [-0.25, -0.2) is 0 Å². The van der Waals surface area contributed by atoms with Crippen LogP contribution < -0.4 is 5.32 Å². The van der Waals surface area contributed by atoms with Crippen LogP contribution in [0.2, 0.25) is 0 Å². The molecule has 1 unspecified atom stereocenters. The Labute approximate surface area is 85.6 Å². The molecule has 1 rings (SSSR count). The number of carbonyl (C=O) groups is 1. The first-order valence-electron chi connectivity index (χ1n) is 5.13. The summed E-state index contributed by atoms with van der Waals surface area (Å²) in [6, 6.07) is 0. The molecule has 1 saturated heterocycles. The minimum atomic E-state index is -0.237. The van der Waals surface area contributed by atoms with E-state index in [1.165, 1.54) is 6.92 Å². The molecule has 1 heterocycles. The Bertz CT molecular complexity index is 218. The van der Waals surface area contributed by atoms with Gasteiger partial charge in [0, 0.05) is 26.6 Å². The third kappa shape index (κ3) is 2.25. The fourth-order valence-electron chi connectivity index (χ4n) is 1.66. The van der Waals surface area contributed by atoms with Crippen molar-refractivity contribution in [2.75, 3.05) is 19.6 Å². The van der Waals surface area contributed by atoms with Crippen LogP contribution in [0.5, 0.6) is 0 Å². The maximum Gasteiger partial charge on any atom is 0.322 e. The first-order chi connectivity index (χ1) is 6.47. The van der Waals surface area contributed by atoms with Crippen molar-refractivity contribution in [3.8, 4) is 0 Å². The van der Waals surface area contributed by atoms with Crippen LogP contribution in [0.15, 0.2) is 0 Å². The van der Waals surface area contributed by atoms with Gasteiger partial charge in [0.05, 0.1) is 5.54 Å². The van der Waals surface area contributed by atoms with Crippen molar-refractivity contribution in [2.24, 2.45) is 5.92 Å². The van der Waals surface area contributed by atoms with Gasteiger partial charge in [-0.3, -0.25) is 4.79 Å². The zero-order valence-electron chi connectivity index (χ0n) is 9.46. The van der Waals surface area contributed by atoms with Gasteiger partial charge in [-0.1, -0.05) is 13.8 Å². The molecule has 1 fully saturated rings. The summed E-state index contributed by atoms with van der Waals surface area (Å²) in [6.07, 6.45) is 0. The van der Waals surface area contributed by atoms with Crippen LogP contribution in [-0.4, -0.2) is 36.2 Å². The molecule has 0 radical (unpaired) electrons. The molecule has 0 saturated carbocycles. The van der Waals surface area contributed by atoms with Gasteiger partial charge in [0.1, 0.15) is 0 Å². The molecule has 1 atom stereocenters. The summed E-state index contributed by atoms with van der Waals surface area (Å²) in [7, 11) is 0. The van der Waals surface area contributed by atoms with Gasteiger partial charge in [-0.15, -0.1) is 5.06 Å². The van der Waals surface area contributed by atoms with E-state index in [0.29, 0.717) is 5.92 Å². The zero-order valence-corrected chi connectivity index (χ0v) is 9.46. The standard InChI is InChI=1S/C10H20N2O2/c1-8(2)10(4)7-11-5-6-12(10)14-9(3)13/h8,11H,5-7H2,1-4H3. The van der Waals surface area contributed by atoms with Crippen molar-refractivity contribution in [1.29, 1.82) is 0 Å². The molecule has 0 bridgehead atoms. The highest BCUT2D eigenvalue weighted by molar-refractivity contribution is 5.65. The number of nitrogens with one attached hydrogen (secondary N) is 1. The van der Waals surface area contributed by atoms with Gasteiger partial charge in [-0.05, 0) is 12.8 Å². The lowest BCUT2D eigenvalue weighted by atomic mass is 9.86. The largest absolute Gasteiger partial charge is 0.368 e. The van der Waals surface area contributed by atoms with E-state index in [1.807, 2.05) is 5.06 Å². The van der Waals surface area contributed by atoms with E-state index in [9.17, 15) is 4.79 Å². The Morgan fingerprint density at radius 2 is 2.21 bits per heavy atom. The zero-order chi connectivity index (χ0) is 10.8. The maximum absolute atomic E-state index is 10.9. The van der Waals surface area contributed by atoms with Crippen LogP contribution in [0.25, 0.3) is 0 Å². The number of rotatable bonds is 2. The lowest BCUT2D eigenvalue weighted by Gasteiger charge is -2.45. The van der Waals surface area contributed by atoms with Crippen molar-refractivity contribution in [3.05, 3.63) is 0 Å². The minimum Gasteiger partial charge on any atom is -0.368 e. The highest BCUT2D eigenvalue weighted by Gasteiger charge is 2.39. The third-order valence-corrected chi connectivity index (χ3v) is 3.03. The smallest absolute Gasteiger partial charge is 0.322 e. The molecule has 0 aromatic heterocycles. The molecule has 0 aliphatic carbocycles. The molecule has 1 aliphatic heterocycles. The number of hydrogen-bond acceptors (Lipinski definition) is 4. The Kier molecular flexibility index (Phi) is 3.50. The SMILES string of the molecule is CC(=O)ON1CCNCC1(C)C(C)C. The molecular weight excluding hydrogens is 180 g/mol. The molecule has 4 heteroatoms. The number of nitrogens with zero attached hydrogens (tertiary/aromatic N) is 1. The van der Waals surface area contributed by atoms with Crippen LogP contribution in [0.4, 0.5) is 0 Å². The Morgan fingerprint density at radius 1 is 1.57 bits per heavy atom. The molecule has 0 aromatic carbocycles. The topological polar surface area (TPSA) is 41.6 Å². The van der Waals surface area contributed by atoms with E-state index in [1.54, 1.807) is 0 Å². The Morgan fingerprint density at radius 3 is 2.71 bits per heavy atom. The summed E-state index contributed by atoms with van der Waals surface area (Å²) in [6.45, 7) is 10.3. The Hall–Kier alpha value is -0.610. The third-order valence-electron chi connectivity index (χ3n) is 3.03. The quantitative estimate of drug-likeness (QED) is 0.715. The van der Waals surface area contributed by atoms with E-state index in [-0.39, 0.29) is 11.5 Å². The molecule has 1 aliphatic rings. The molecule has 1 N–H and O–H groups in total. The van der Waals surface area contributed by atoms with E-state index >= 15 is 0 Å². The molecule has 0 spiro atoms. The van der Waals surface area contributed by atoms with Crippen molar-refractivity contribution in [2.45, 2.75) is 33.2 Å². The van der Waals surface area contributed by atoms with E-state index < -0.39 is 0 Å². The van der Waals surface area contributed by atoms with Crippen molar-refractivity contribution in [1.82, 2.24) is 10.4 Å². The number of carbonyl (C=O) groups excluding carboxylic acids is 1. The van der Waals surface area contributed by atoms with Gasteiger partial charge in [-0.2, -0.15) is 0 Å². The van der Waals surface area contributed by atoms with E-state index in [0.717, 1.165) is 19.6 Å². The normalized spacial score (nSPS) is 29.2. The predicted molar refractivity (Wildman–Crippen MR) is 54.6 cm³/mol. The summed E-state index contributed by atoms with van der Waals surface area (Å²) >= 11 is 0. The van der Waals surface area contributed by atoms with Crippen molar-refractivity contribution >= 4 is 5.97 Å². The van der Waals surface area contributed by atoms with Crippen LogP contribution in [-0.2, 0) is 9.63 Å². The van der Waals surface area contributed by atoms with Crippen LogP contribution in [0, 0.1) is 5.92 Å². The lowest BCUT2D eigenvalue weighted by molar-refractivity contribution is -0.230. The first kappa shape index (κ1) is 11.5. The molecule has 14 heavy (non-hydrogen) atoms. The van der Waals surface area contributed by atoms with E-state index in [4.69, 9.17) is 4.84 Å². The van der Waals surface area contributed by atoms with Gasteiger partial charge in [0.2, 0.25) is 0 Å². The number of piperazine rings is 1. The molecule has 0 aromatic rings. The van der Waals surface area contributed by atoms with Crippen molar-refractivity contribution in [3.63, 3.8) is 0 Å². The monoisotopic (exact) mass is 200 g/mol. The fourth-order valence-corrected chi connectivity index (χ4v) is 1.66. The summed E-state index contributed by atoms with van der Waals surface area (Å²) in [5.74, 6) is 0.202. The fraction of sp³-hybridized carbons (Fsp3) is 0.900. The summed E-state index contributed by atoms with van der Waals surface area (Å²) in [5, 5.41) is 5.14. The Balaban J connectivity index is 2.72. The average Bonchev–Trinajstić information content (AvgIpc) is 2.08. The summed E-state index contributed by atoms with van der Waals surface area (Å²) in [5.41, 5.74) is -0.0933. The molecule has 82 valence electrons. The van der Waals surface area contributed by atoms with Gasteiger partial charge in [0.25, 0.3) is 0 Å². The second kappa shape index (κ2) is 4.28.